The molecule has 0 fully saturated rings. The van der Waals surface area contributed by atoms with Crippen LogP contribution in [0.3, 0.4) is 0 Å². The monoisotopic (exact) mass is 218 g/mol. The fraction of sp³-hybridized carbons (Fsp3) is 0.385. The van der Waals surface area contributed by atoms with Crippen LogP contribution >= 0.6 is 0 Å². The Balaban J connectivity index is 2.18. The zero-order valence-electron chi connectivity index (χ0n) is 9.83. The Labute approximate surface area is 95.7 Å². The first-order valence-electron chi connectivity index (χ1n) is 5.61. The molecule has 0 saturated carbocycles. The van der Waals surface area contributed by atoms with Gasteiger partial charge in [0, 0.05) is 17.1 Å². The highest BCUT2D eigenvalue weighted by molar-refractivity contribution is 5.88. The smallest absolute Gasteiger partial charge is 0.125 e. The molecular formula is C13H18N2O. The van der Waals surface area contributed by atoms with Crippen LogP contribution in [0.15, 0.2) is 24.4 Å². The van der Waals surface area contributed by atoms with Gasteiger partial charge in [-0.3, -0.25) is 0 Å². The lowest BCUT2D eigenvalue weighted by atomic mass is 10.1. The zero-order chi connectivity index (χ0) is 11.5. The fourth-order valence-electron chi connectivity index (χ4n) is 2.02. The number of H-pyrrole nitrogens is 1. The Kier molecular flexibility index (Phi) is 3.15. The molecule has 1 aromatic heterocycles. The van der Waals surface area contributed by atoms with Gasteiger partial charge in [0.15, 0.2) is 0 Å². The van der Waals surface area contributed by atoms with Gasteiger partial charge in [-0.2, -0.15) is 0 Å². The second-order valence-corrected chi connectivity index (χ2v) is 4.42. The van der Waals surface area contributed by atoms with E-state index in [1.807, 2.05) is 18.3 Å². The van der Waals surface area contributed by atoms with Crippen molar-refractivity contribution in [3.05, 3.63) is 30.0 Å². The Hall–Kier alpha value is -1.48. The van der Waals surface area contributed by atoms with E-state index in [1.54, 1.807) is 6.07 Å². The molecule has 0 spiro atoms. The number of aromatic hydroxyl groups is 1. The number of phenols is 1. The van der Waals surface area contributed by atoms with E-state index in [0.29, 0.717) is 5.75 Å². The van der Waals surface area contributed by atoms with Crippen molar-refractivity contribution in [2.75, 3.05) is 20.6 Å². The molecule has 3 heteroatoms. The lowest BCUT2D eigenvalue weighted by molar-refractivity contribution is 0.400. The maximum Gasteiger partial charge on any atom is 0.125 e. The molecule has 0 amide bonds. The van der Waals surface area contributed by atoms with Crippen LogP contribution < -0.4 is 0 Å². The molecule has 0 unspecified atom stereocenters. The predicted octanol–water partition coefficient (Wildman–Crippen LogP) is 2.37. The van der Waals surface area contributed by atoms with Crippen LogP contribution in [0.2, 0.25) is 0 Å². The molecule has 1 aromatic carbocycles. The van der Waals surface area contributed by atoms with Gasteiger partial charge >= 0.3 is 0 Å². The maximum atomic E-state index is 9.82. The third-order valence-corrected chi connectivity index (χ3v) is 2.82. The predicted molar refractivity (Wildman–Crippen MR) is 66.8 cm³/mol. The van der Waals surface area contributed by atoms with Gasteiger partial charge in [0.05, 0.1) is 0 Å². The van der Waals surface area contributed by atoms with Crippen molar-refractivity contribution < 1.29 is 5.11 Å². The number of benzene rings is 1. The summed E-state index contributed by atoms with van der Waals surface area (Å²) in [5, 5.41) is 10.8. The number of hydrogen-bond donors (Lipinski definition) is 2. The van der Waals surface area contributed by atoms with Crippen molar-refractivity contribution in [2.45, 2.75) is 12.8 Å². The number of aromatic nitrogens is 1. The van der Waals surface area contributed by atoms with Crippen LogP contribution in [0.1, 0.15) is 12.0 Å². The van der Waals surface area contributed by atoms with Gasteiger partial charge in [-0.25, -0.2) is 0 Å². The van der Waals surface area contributed by atoms with Crippen LogP contribution in [0.5, 0.6) is 5.75 Å². The minimum atomic E-state index is 0.374. The van der Waals surface area contributed by atoms with Gasteiger partial charge in [-0.15, -0.1) is 0 Å². The van der Waals surface area contributed by atoms with Crippen LogP contribution in [-0.4, -0.2) is 35.6 Å². The van der Waals surface area contributed by atoms with Crippen LogP contribution in [0, 0.1) is 0 Å². The number of aryl methyl sites for hydroxylation is 1. The summed E-state index contributed by atoms with van der Waals surface area (Å²) in [4.78, 5) is 5.37. The van der Waals surface area contributed by atoms with Crippen molar-refractivity contribution in [1.29, 1.82) is 0 Å². The summed E-state index contributed by atoms with van der Waals surface area (Å²) >= 11 is 0. The molecule has 0 atom stereocenters. The third-order valence-electron chi connectivity index (χ3n) is 2.82. The van der Waals surface area contributed by atoms with Crippen molar-refractivity contribution >= 4 is 10.9 Å². The standard InChI is InChI=1S/C13H18N2O/c1-15(2)8-4-5-10-9-14-11-6-3-7-12(16)13(10)11/h3,6-7,9,14,16H,4-5,8H2,1-2H3. The fourth-order valence-corrected chi connectivity index (χ4v) is 2.02. The van der Waals surface area contributed by atoms with Crippen molar-refractivity contribution in [3.8, 4) is 5.75 Å². The number of rotatable bonds is 4. The molecule has 2 aromatic rings. The molecule has 16 heavy (non-hydrogen) atoms. The Bertz CT molecular complexity index is 474. The Morgan fingerprint density at radius 2 is 2.12 bits per heavy atom. The molecule has 0 radical (unpaired) electrons. The molecule has 3 nitrogen and oxygen atoms in total. The summed E-state index contributed by atoms with van der Waals surface area (Å²) < 4.78 is 0. The van der Waals surface area contributed by atoms with E-state index in [1.165, 1.54) is 5.56 Å². The lowest BCUT2D eigenvalue weighted by Gasteiger charge is -2.08. The van der Waals surface area contributed by atoms with E-state index in [0.717, 1.165) is 30.3 Å². The van der Waals surface area contributed by atoms with E-state index in [9.17, 15) is 5.11 Å². The quantitative estimate of drug-likeness (QED) is 0.827. The van der Waals surface area contributed by atoms with Gasteiger partial charge in [0.25, 0.3) is 0 Å². The van der Waals surface area contributed by atoms with E-state index >= 15 is 0 Å². The molecule has 2 N–H and O–H groups in total. The lowest BCUT2D eigenvalue weighted by Crippen LogP contribution is -2.13. The van der Waals surface area contributed by atoms with Gasteiger partial charge in [0.1, 0.15) is 5.75 Å². The van der Waals surface area contributed by atoms with E-state index < -0.39 is 0 Å². The molecule has 86 valence electrons. The first-order chi connectivity index (χ1) is 7.68. The van der Waals surface area contributed by atoms with Crippen LogP contribution in [0.25, 0.3) is 10.9 Å². The minimum Gasteiger partial charge on any atom is -0.507 e. The highest BCUT2D eigenvalue weighted by atomic mass is 16.3. The highest BCUT2D eigenvalue weighted by Crippen LogP contribution is 2.28. The number of nitrogens with one attached hydrogen (secondary N) is 1. The Morgan fingerprint density at radius 1 is 1.31 bits per heavy atom. The van der Waals surface area contributed by atoms with Gasteiger partial charge in [-0.05, 0) is 51.2 Å². The second-order valence-electron chi connectivity index (χ2n) is 4.42. The number of aromatic amines is 1. The van der Waals surface area contributed by atoms with Crippen molar-refractivity contribution in [3.63, 3.8) is 0 Å². The van der Waals surface area contributed by atoms with E-state index in [-0.39, 0.29) is 0 Å². The molecule has 0 aliphatic heterocycles. The summed E-state index contributed by atoms with van der Waals surface area (Å²) in [7, 11) is 4.15. The van der Waals surface area contributed by atoms with Gasteiger partial charge < -0.3 is 15.0 Å². The summed E-state index contributed by atoms with van der Waals surface area (Å²) in [5.41, 5.74) is 2.22. The number of nitrogens with zero attached hydrogens (tertiary/aromatic N) is 1. The molecule has 0 bridgehead atoms. The normalized spacial score (nSPS) is 11.4. The summed E-state index contributed by atoms with van der Waals surface area (Å²) in [6.07, 6.45) is 4.10. The van der Waals surface area contributed by atoms with Crippen molar-refractivity contribution in [1.82, 2.24) is 9.88 Å². The highest BCUT2D eigenvalue weighted by Gasteiger charge is 2.07. The molecule has 0 aliphatic carbocycles. The number of fused-ring (bicyclic) bond motifs is 1. The number of phenolic OH excluding ortho intramolecular Hbond substituents is 1. The molecule has 0 aliphatic rings. The SMILES string of the molecule is CN(C)CCCc1c[nH]c2cccc(O)c12. The van der Waals surface area contributed by atoms with E-state index in [4.69, 9.17) is 0 Å². The van der Waals surface area contributed by atoms with Crippen LogP contribution in [-0.2, 0) is 6.42 Å². The minimum absolute atomic E-state index is 0.374. The number of hydrogen-bond acceptors (Lipinski definition) is 2. The largest absolute Gasteiger partial charge is 0.507 e. The zero-order valence-corrected chi connectivity index (χ0v) is 9.83. The van der Waals surface area contributed by atoms with E-state index in [2.05, 4.69) is 24.0 Å². The molecule has 0 saturated heterocycles. The molecular weight excluding hydrogens is 200 g/mol. The first kappa shape index (κ1) is 11.0. The third kappa shape index (κ3) is 2.19. The van der Waals surface area contributed by atoms with Gasteiger partial charge in [0.2, 0.25) is 0 Å². The maximum absolute atomic E-state index is 9.82. The summed E-state index contributed by atoms with van der Waals surface area (Å²) in [6, 6.07) is 5.59. The Morgan fingerprint density at radius 3 is 2.88 bits per heavy atom. The average molecular weight is 218 g/mol. The summed E-state index contributed by atoms with van der Waals surface area (Å²) in [6.45, 7) is 1.07. The summed E-state index contributed by atoms with van der Waals surface area (Å²) in [5.74, 6) is 0.374. The topological polar surface area (TPSA) is 39.3 Å². The van der Waals surface area contributed by atoms with Gasteiger partial charge in [-0.1, -0.05) is 6.07 Å². The molecule has 1 heterocycles. The first-order valence-corrected chi connectivity index (χ1v) is 5.61. The molecule has 2 rings (SSSR count). The van der Waals surface area contributed by atoms with Crippen molar-refractivity contribution in [2.24, 2.45) is 0 Å². The second kappa shape index (κ2) is 4.58. The average Bonchev–Trinajstić information content (AvgIpc) is 2.62. The van der Waals surface area contributed by atoms with Crippen LogP contribution in [0.4, 0.5) is 0 Å².